The normalized spacial score (nSPS) is 16.4. The Morgan fingerprint density at radius 1 is 1.15 bits per heavy atom. The zero-order chi connectivity index (χ0) is 14.8. The molecule has 0 spiro atoms. The fraction of sp³-hybridized carbons (Fsp3) is 0.727. The second-order valence-electron chi connectivity index (χ2n) is 4.72. The van der Waals surface area contributed by atoms with E-state index in [4.69, 9.17) is 11.6 Å². The van der Waals surface area contributed by atoms with E-state index in [9.17, 15) is 13.2 Å². The molecule has 20 heavy (non-hydrogen) atoms. The molecule has 0 unspecified atom stereocenters. The molecule has 1 aliphatic heterocycles. The third kappa shape index (κ3) is 4.09. The van der Waals surface area contributed by atoms with E-state index in [2.05, 4.69) is 15.0 Å². The predicted molar refractivity (Wildman–Crippen MR) is 70.2 cm³/mol. The summed E-state index contributed by atoms with van der Waals surface area (Å²) >= 11 is 5.79. The van der Waals surface area contributed by atoms with E-state index in [-0.39, 0.29) is 11.2 Å². The van der Waals surface area contributed by atoms with E-state index in [1.807, 2.05) is 4.90 Å². The molecule has 0 N–H and O–H groups in total. The number of rotatable bonds is 3. The first-order chi connectivity index (χ1) is 9.35. The highest BCUT2D eigenvalue weighted by Crippen LogP contribution is 2.22. The topological polar surface area (TPSA) is 45.2 Å². The van der Waals surface area contributed by atoms with E-state index in [0.717, 1.165) is 37.3 Å². The molecule has 0 aromatic carbocycles. The van der Waals surface area contributed by atoms with Crippen molar-refractivity contribution in [2.24, 2.45) is 0 Å². The number of hydrogen-bond donors (Lipinski definition) is 0. The third-order valence-electron chi connectivity index (χ3n) is 2.98. The molecule has 1 aromatic rings. The average Bonchev–Trinajstić information content (AvgIpc) is 2.37. The zero-order valence-corrected chi connectivity index (χ0v) is 11.7. The molecule has 2 rings (SSSR count). The highest BCUT2D eigenvalue weighted by atomic mass is 35.5. The van der Waals surface area contributed by atoms with Crippen LogP contribution in [-0.2, 0) is 0 Å². The Morgan fingerprint density at radius 3 is 2.40 bits per heavy atom. The smallest absolute Gasteiger partial charge is 0.341 e. The Balaban J connectivity index is 2.19. The van der Waals surface area contributed by atoms with Crippen LogP contribution in [0.15, 0.2) is 0 Å². The summed E-state index contributed by atoms with van der Waals surface area (Å²) in [5, 5.41) is -0.0930. The van der Waals surface area contributed by atoms with Gasteiger partial charge in [-0.3, -0.25) is 0 Å². The van der Waals surface area contributed by atoms with Crippen LogP contribution >= 0.6 is 11.6 Å². The molecule has 1 aromatic heterocycles. The van der Waals surface area contributed by atoms with Gasteiger partial charge in [-0.2, -0.15) is 28.1 Å². The number of anilines is 2. The summed E-state index contributed by atoms with van der Waals surface area (Å²) in [6.45, 7) is 0.429. The maximum absolute atomic E-state index is 12.4. The Labute approximate surface area is 119 Å². The van der Waals surface area contributed by atoms with E-state index in [1.165, 1.54) is 7.05 Å². The summed E-state index contributed by atoms with van der Waals surface area (Å²) in [7, 11) is 1.28. The molecule has 0 atom stereocenters. The summed E-state index contributed by atoms with van der Waals surface area (Å²) in [6.07, 6.45) is -1.16. The van der Waals surface area contributed by atoms with Gasteiger partial charge in [0.15, 0.2) is 0 Å². The lowest BCUT2D eigenvalue weighted by molar-refractivity contribution is -0.119. The Bertz CT molecular complexity index is 462. The summed E-state index contributed by atoms with van der Waals surface area (Å²) in [4.78, 5) is 14.7. The quantitative estimate of drug-likeness (QED) is 0.858. The van der Waals surface area contributed by atoms with Crippen molar-refractivity contribution in [3.8, 4) is 0 Å². The number of halogens is 4. The van der Waals surface area contributed by atoms with Gasteiger partial charge in [0.1, 0.15) is 6.54 Å². The fourth-order valence-corrected chi connectivity index (χ4v) is 2.23. The molecule has 112 valence electrons. The predicted octanol–water partition coefficient (Wildman–Crippen LogP) is 2.51. The van der Waals surface area contributed by atoms with Crippen molar-refractivity contribution in [2.75, 3.05) is 36.5 Å². The maximum atomic E-state index is 12.4. The minimum absolute atomic E-state index is 0.0668. The van der Waals surface area contributed by atoms with Crippen LogP contribution in [0.1, 0.15) is 19.3 Å². The first-order valence-electron chi connectivity index (χ1n) is 6.29. The van der Waals surface area contributed by atoms with Gasteiger partial charge in [0.2, 0.25) is 17.2 Å². The largest absolute Gasteiger partial charge is 0.406 e. The van der Waals surface area contributed by atoms with Gasteiger partial charge in [0.05, 0.1) is 0 Å². The van der Waals surface area contributed by atoms with E-state index in [0.29, 0.717) is 5.95 Å². The van der Waals surface area contributed by atoms with Crippen molar-refractivity contribution >= 4 is 23.5 Å². The van der Waals surface area contributed by atoms with Crippen LogP contribution in [-0.4, -0.2) is 47.8 Å². The summed E-state index contributed by atoms with van der Waals surface area (Å²) in [5.74, 6) is 0.275. The van der Waals surface area contributed by atoms with E-state index < -0.39 is 12.7 Å². The molecule has 0 saturated carbocycles. The van der Waals surface area contributed by atoms with Gasteiger partial charge in [-0.15, -0.1) is 0 Å². The van der Waals surface area contributed by atoms with Crippen LogP contribution < -0.4 is 9.80 Å². The lowest BCUT2D eigenvalue weighted by atomic mass is 10.1. The van der Waals surface area contributed by atoms with Crippen LogP contribution in [0, 0.1) is 0 Å². The van der Waals surface area contributed by atoms with Gasteiger partial charge in [0.25, 0.3) is 0 Å². The molecule has 2 heterocycles. The Hall–Kier alpha value is -1.31. The molecule has 1 aliphatic rings. The highest BCUT2D eigenvalue weighted by Gasteiger charge is 2.30. The molecular weight excluding hydrogens is 295 g/mol. The van der Waals surface area contributed by atoms with E-state index >= 15 is 0 Å². The highest BCUT2D eigenvalue weighted by molar-refractivity contribution is 6.28. The van der Waals surface area contributed by atoms with Crippen molar-refractivity contribution < 1.29 is 13.2 Å². The monoisotopic (exact) mass is 309 g/mol. The van der Waals surface area contributed by atoms with Gasteiger partial charge in [0, 0.05) is 20.1 Å². The van der Waals surface area contributed by atoms with Gasteiger partial charge >= 0.3 is 6.18 Å². The molecule has 0 bridgehead atoms. The minimum Gasteiger partial charge on any atom is -0.341 e. The van der Waals surface area contributed by atoms with Gasteiger partial charge < -0.3 is 9.80 Å². The average molecular weight is 310 g/mol. The van der Waals surface area contributed by atoms with Crippen LogP contribution in [0.2, 0.25) is 5.28 Å². The molecule has 0 aliphatic carbocycles. The Kier molecular flexibility index (Phi) is 4.52. The molecular formula is C11H15ClF3N5. The fourth-order valence-electron chi connectivity index (χ4n) is 2.08. The molecule has 0 radical (unpaired) electrons. The van der Waals surface area contributed by atoms with Crippen molar-refractivity contribution in [3.05, 3.63) is 5.28 Å². The number of nitrogens with zero attached hydrogens (tertiary/aromatic N) is 5. The summed E-state index contributed by atoms with van der Waals surface area (Å²) in [5.41, 5.74) is 0. The van der Waals surface area contributed by atoms with Crippen molar-refractivity contribution in [2.45, 2.75) is 25.4 Å². The van der Waals surface area contributed by atoms with Crippen LogP contribution in [0.5, 0.6) is 0 Å². The third-order valence-corrected chi connectivity index (χ3v) is 3.15. The van der Waals surface area contributed by atoms with Crippen molar-refractivity contribution in [1.29, 1.82) is 0 Å². The van der Waals surface area contributed by atoms with Crippen LogP contribution in [0.4, 0.5) is 25.1 Å². The number of alkyl halides is 3. The number of aromatic nitrogens is 3. The summed E-state index contributed by atoms with van der Waals surface area (Å²) in [6, 6.07) is 0. The van der Waals surface area contributed by atoms with Crippen molar-refractivity contribution in [3.63, 3.8) is 0 Å². The van der Waals surface area contributed by atoms with Gasteiger partial charge in [-0.1, -0.05) is 0 Å². The number of hydrogen-bond acceptors (Lipinski definition) is 5. The SMILES string of the molecule is CN(CC(F)(F)F)c1nc(Cl)nc(N2CCCCC2)n1. The van der Waals surface area contributed by atoms with E-state index in [1.54, 1.807) is 0 Å². The molecule has 5 nitrogen and oxygen atoms in total. The Morgan fingerprint density at radius 2 is 1.80 bits per heavy atom. The molecule has 1 fully saturated rings. The molecule has 9 heteroatoms. The lowest BCUT2D eigenvalue weighted by Crippen LogP contribution is -2.34. The lowest BCUT2D eigenvalue weighted by Gasteiger charge is -2.27. The van der Waals surface area contributed by atoms with Gasteiger partial charge in [-0.05, 0) is 30.9 Å². The minimum atomic E-state index is -4.32. The molecule has 1 saturated heterocycles. The number of piperidine rings is 1. The second-order valence-corrected chi connectivity index (χ2v) is 5.06. The van der Waals surface area contributed by atoms with Crippen LogP contribution in [0.25, 0.3) is 0 Å². The zero-order valence-electron chi connectivity index (χ0n) is 11.0. The van der Waals surface area contributed by atoms with Gasteiger partial charge in [-0.25, -0.2) is 0 Å². The summed E-state index contributed by atoms with van der Waals surface area (Å²) < 4.78 is 37.2. The standard InChI is InChI=1S/C11H15ClF3N5/c1-19(7-11(13,14)15)9-16-8(12)17-10(18-9)20-5-3-2-4-6-20/h2-7H2,1H3. The first kappa shape index (κ1) is 15.1. The maximum Gasteiger partial charge on any atom is 0.406 e. The second kappa shape index (κ2) is 5.99. The van der Waals surface area contributed by atoms with Crippen LogP contribution in [0.3, 0.4) is 0 Å². The first-order valence-corrected chi connectivity index (χ1v) is 6.67. The molecule has 0 amide bonds. The van der Waals surface area contributed by atoms with Crippen molar-refractivity contribution in [1.82, 2.24) is 15.0 Å².